The normalized spacial score (nSPS) is 15.5. The zero-order chi connectivity index (χ0) is 46.6. The minimum Gasteiger partial charge on any atom is -0.310 e. The van der Waals surface area contributed by atoms with E-state index in [9.17, 15) is 0 Å². The van der Waals surface area contributed by atoms with E-state index in [1.165, 1.54) is 115 Å². The maximum Gasteiger partial charge on any atom is 0.0820 e. The van der Waals surface area contributed by atoms with Crippen LogP contribution in [0.2, 0.25) is 0 Å². The largest absolute Gasteiger partial charge is 0.310 e. The van der Waals surface area contributed by atoms with Crippen LogP contribution in [0.1, 0.15) is 63.2 Å². The van der Waals surface area contributed by atoms with Crippen molar-refractivity contribution in [3.05, 3.63) is 292 Å². The van der Waals surface area contributed by atoms with Gasteiger partial charge in [-0.25, -0.2) is 0 Å². The van der Waals surface area contributed by atoms with Crippen LogP contribution >= 0.6 is 11.3 Å². The Balaban J connectivity index is 1.01. The second-order valence-corrected chi connectivity index (χ2v) is 20.6. The van der Waals surface area contributed by atoms with Crippen LogP contribution in [0.15, 0.2) is 243 Å². The van der Waals surface area contributed by atoms with Gasteiger partial charge in [0.15, 0.2) is 0 Å². The third kappa shape index (κ3) is 5.90. The molecule has 1 heterocycles. The predicted molar refractivity (Wildman–Crippen MR) is 296 cm³/mol. The second kappa shape index (κ2) is 15.6. The number of hydrogen-bond acceptors (Lipinski definition) is 2. The standard InChI is InChI=1S/C68H47NS/c1-67(2)57-28-15-12-25-51(57)52-40-38-48(43-60(52)67)56(47-36-34-46(35-37-47)45-19-6-3-7-20-45)41-44-33-39-54-61(42-44)68(66-64(54)55-27-14-17-32-63(55)70-66)58-29-16-13-26-53(58)65-59(68)30-18-31-62(65)69(49-21-8-4-9-22-49)50-23-10-5-11-24-50/h3-43H,1-2H3. The molecule has 70 heavy (non-hydrogen) atoms. The maximum absolute atomic E-state index is 2.53. The van der Waals surface area contributed by atoms with Crippen molar-refractivity contribution in [2.75, 3.05) is 4.90 Å². The van der Waals surface area contributed by atoms with E-state index in [4.69, 9.17) is 0 Å². The van der Waals surface area contributed by atoms with Gasteiger partial charge in [-0.15, -0.1) is 11.3 Å². The molecule has 0 amide bonds. The molecule has 11 aromatic rings. The molecule has 0 saturated carbocycles. The Labute approximate surface area is 414 Å². The zero-order valence-electron chi connectivity index (χ0n) is 39.0. The summed E-state index contributed by atoms with van der Waals surface area (Å²) in [5.74, 6) is 0. The lowest BCUT2D eigenvalue weighted by Gasteiger charge is -2.31. The molecule has 0 radical (unpaired) electrons. The quantitative estimate of drug-likeness (QED) is 0.144. The molecule has 330 valence electrons. The van der Waals surface area contributed by atoms with Crippen LogP contribution in [0.5, 0.6) is 0 Å². The van der Waals surface area contributed by atoms with Crippen molar-refractivity contribution < 1.29 is 0 Å². The highest BCUT2D eigenvalue weighted by Gasteiger charge is 2.54. The minimum absolute atomic E-state index is 0.122. The first-order valence-electron chi connectivity index (χ1n) is 24.4. The van der Waals surface area contributed by atoms with Crippen LogP contribution in [-0.4, -0.2) is 0 Å². The molecule has 2 heteroatoms. The number of benzene rings is 10. The summed E-state index contributed by atoms with van der Waals surface area (Å²) < 4.78 is 1.32. The minimum atomic E-state index is -0.542. The first-order valence-corrected chi connectivity index (χ1v) is 25.2. The maximum atomic E-state index is 2.53. The van der Waals surface area contributed by atoms with Crippen molar-refractivity contribution in [1.82, 2.24) is 0 Å². The molecule has 0 N–H and O–H groups in total. The fourth-order valence-corrected chi connectivity index (χ4v) is 13.8. The van der Waals surface area contributed by atoms with Crippen molar-refractivity contribution in [2.24, 2.45) is 0 Å². The van der Waals surface area contributed by atoms with Gasteiger partial charge in [0, 0.05) is 42.9 Å². The van der Waals surface area contributed by atoms with Crippen molar-refractivity contribution >= 4 is 50.1 Å². The summed E-state index contributed by atoms with van der Waals surface area (Å²) in [5.41, 5.74) is 24.7. The van der Waals surface area contributed by atoms with Gasteiger partial charge in [0.05, 0.1) is 11.1 Å². The first kappa shape index (κ1) is 40.7. The van der Waals surface area contributed by atoms with Gasteiger partial charge in [-0.05, 0) is 138 Å². The van der Waals surface area contributed by atoms with Gasteiger partial charge >= 0.3 is 0 Å². The van der Waals surface area contributed by atoms with Crippen molar-refractivity contribution in [3.8, 4) is 44.5 Å². The molecule has 1 nitrogen and oxygen atoms in total. The Kier molecular flexibility index (Phi) is 9.09. The van der Waals surface area contributed by atoms with E-state index >= 15 is 0 Å². The summed E-state index contributed by atoms with van der Waals surface area (Å²) in [6.07, 6.45) is 2.46. The molecule has 0 fully saturated rings. The molecule has 3 aliphatic carbocycles. The molecule has 1 spiro atoms. The number of anilines is 3. The van der Waals surface area contributed by atoms with E-state index in [0.29, 0.717) is 0 Å². The smallest absolute Gasteiger partial charge is 0.0820 e. The van der Waals surface area contributed by atoms with Crippen LogP contribution in [0, 0.1) is 0 Å². The number of nitrogens with zero attached hydrogens (tertiary/aromatic N) is 1. The molecular formula is C68H47NS. The van der Waals surface area contributed by atoms with Crippen LogP contribution in [0.3, 0.4) is 0 Å². The Morgan fingerprint density at radius 1 is 0.414 bits per heavy atom. The Hall–Kier alpha value is -8.30. The molecule has 0 bridgehead atoms. The summed E-state index contributed by atoms with van der Waals surface area (Å²) in [4.78, 5) is 3.85. The highest BCUT2D eigenvalue weighted by atomic mass is 32.1. The molecule has 0 aliphatic heterocycles. The van der Waals surface area contributed by atoms with Gasteiger partial charge in [-0.2, -0.15) is 0 Å². The summed E-state index contributed by atoms with van der Waals surface area (Å²) in [6, 6.07) is 90.3. The Morgan fingerprint density at radius 2 is 0.986 bits per heavy atom. The van der Waals surface area contributed by atoms with E-state index in [2.05, 4.69) is 267 Å². The molecule has 0 saturated heterocycles. The van der Waals surface area contributed by atoms with E-state index in [1.54, 1.807) is 0 Å². The van der Waals surface area contributed by atoms with Gasteiger partial charge < -0.3 is 4.90 Å². The van der Waals surface area contributed by atoms with Crippen LogP contribution in [-0.2, 0) is 10.8 Å². The Morgan fingerprint density at radius 3 is 1.74 bits per heavy atom. The van der Waals surface area contributed by atoms with Gasteiger partial charge in [0.2, 0.25) is 0 Å². The molecule has 14 rings (SSSR count). The Bertz CT molecular complexity index is 3860. The van der Waals surface area contributed by atoms with Gasteiger partial charge in [0.1, 0.15) is 0 Å². The third-order valence-electron chi connectivity index (χ3n) is 15.5. The second-order valence-electron chi connectivity index (χ2n) is 19.5. The fraction of sp³-hybridized carbons (Fsp3) is 0.0588. The molecule has 1 unspecified atom stereocenters. The SMILES string of the molecule is CC1(C)c2ccccc2-c2ccc(C(=Cc3ccc4c(c3)C3(c5ccccc5-c5c(N(c6ccccc6)c6ccccc6)cccc53)c3sc5ccccc5c3-4)c3ccc(-c4ccccc4)cc3)cc21. The average Bonchev–Trinajstić information content (AvgIpc) is 4.11. The number of rotatable bonds is 7. The number of fused-ring (bicyclic) bond motifs is 15. The van der Waals surface area contributed by atoms with E-state index in [0.717, 1.165) is 11.4 Å². The topological polar surface area (TPSA) is 3.24 Å². The van der Waals surface area contributed by atoms with Crippen molar-refractivity contribution in [3.63, 3.8) is 0 Å². The highest BCUT2D eigenvalue weighted by Crippen LogP contribution is 2.67. The van der Waals surface area contributed by atoms with Crippen LogP contribution in [0.4, 0.5) is 17.1 Å². The highest BCUT2D eigenvalue weighted by molar-refractivity contribution is 7.20. The number of thiophene rings is 1. The van der Waals surface area contributed by atoms with Crippen molar-refractivity contribution in [1.29, 1.82) is 0 Å². The van der Waals surface area contributed by atoms with Crippen LogP contribution < -0.4 is 4.90 Å². The lowest BCUT2D eigenvalue weighted by molar-refractivity contribution is 0.660. The lowest BCUT2D eigenvalue weighted by atomic mass is 9.73. The van der Waals surface area contributed by atoms with Gasteiger partial charge in [-0.1, -0.05) is 208 Å². The number of para-hydroxylation sites is 2. The van der Waals surface area contributed by atoms with E-state index < -0.39 is 5.41 Å². The molecule has 3 aliphatic rings. The van der Waals surface area contributed by atoms with Crippen molar-refractivity contribution in [2.45, 2.75) is 24.7 Å². The summed E-state index contributed by atoms with van der Waals surface area (Å²) in [5, 5.41) is 1.32. The zero-order valence-corrected chi connectivity index (χ0v) is 39.8. The fourth-order valence-electron chi connectivity index (χ4n) is 12.3. The summed E-state index contributed by atoms with van der Waals surface area (Å²) in [7, 11) is 0. The monoisotopic (exact) mass is 909 g/mol. The lowest BCUT2D eigenvalue weighted by Crippen LogP contribution is -2.25. The number of hydrogen-bond donors (Lipinski definition) is 0. The average molecular weight is 910 g/mol. The first-order chi connectivity index (χ1) is 34.5. The molecule has 1 aromatic heterocycles. The summed E-state index contributed by atoms with van der Waals surface area (Å²) >= 11 is 1.96. The van der Waals surface area contributed by atoms with Gasteiger partial charge in [0.25, 0.3) is 0 Å². The van der Waals surface area contributed by atoms with E-state index in [1.807, 2.05) is 11.3 Å². The molecule has 10 aromatic carbocycles. The van der Waals surface area contributed by atoms with Gasteiger partial charge in [-0.3, -0.25) is 0 Å². The van der Waals surface area contributed by atoms with E-state index in [-0.39, 0.29) is 5.41 Å². The molecular weight excluding hydrogens is 863 g/mol. The van der Waals surface area contributed by atoms with Crippen LogP contribution in [0.25, 0.3) is 66.2 Å². The third-order valence-corrected chi connectivity index (χ3v) is 16.8. The summed E-state index contributed by atoms with van der Waals surface area (Å²) in [6.45, 7) is 4.76. The molecule has 1 atom stereocenters. The predicted octanol–water partition coefficient (Wildman–Crippen LogP) is 18.3.